The molecular weight excluding hydrogens is 280 g/mol. The highest BCUT2D eigenvalue weighted by atomic mass is 32.1. The molecule has 0 aliphatic heterocycles. The van der Waals surface area contributed by atoms with Crippen molar-refractivity contribution >= 4 is 23.3 Å². The van der Waals surface area contributed by atoms with Crippen molar-refractivity contribution in [2.24, 2.45) is 11.3 Å². The van der Waals surface area contributed by atoms with Crippen LogP contribution in [0.3, 0.4) is 0 Å². The Morgan fingerprint density at radius 1 is 1.38 bits per heavy atom. The van der Waals surface area contributed by atoms with Crippen LogP contribution in [0, 0.1) is 16.1 Å². The highest BCUT2D eigenvalue weighted by molar-refractivity contribution is 7.71. The van der Waals surface area contributed by atoms with Crippen LogP contribution in [0.5, 0.6) is 5.75 Å². The molecule has 0 saturated heterocycles. The lowest BCUT2D eigenvalue weighted by molar-refractivity contribution is 0.320. The zero-order valence-corrected chi connectivity index (χ0v) is 13.3. The first kappa shape index (κ1) is 13.4. The van der Waals surface area contributed by atoms with Gasteiger partial charge < -0.3 is 14.3 Å². The number of aromatic amines is 1. The van der Waals surface area contributed by atoms with Gasteiger partial charge in [0.1, 0.15) is 11.3 Å². The SMILES string of the molecule is CCCOc1cccc2c1[nH]c(=S)n2CC1(C2CC2)CC1. The van der Waals surface area contributed by atoms with Crippen LogP contribution < -0.4 is 4.74 Å². The summed E-state index contributed by atoms with van der Waals surface area (Å²) in [7, 11) is 0. The maximum atomic E-state index is 5.85. The van der Waals surface area contributed by atoms with E-state index < -0.39 is 0 Å². The molecule has 0 radical (unpaired) electrons. The van der Waals surface area contributed by atoms with E-state index >= 15 is 0 Å². The van der Waals surface area contributed by atoms with Crippen LogP contribution in [0.25, 0.3) is 11.0 Å². The molecule has 4 rings (SSSR count). The van der Waals surface area contributed by atoms with Gasteiger partial charge in [0.05, 0.1) is 12.1 Å². The summed E-state index contributed by atoms with van der Waals surface area (Å²) in [6.07, 6.45) is 6.60. The molecule has 0 bridgehead atoms. The van der Waals surface area contributed by atoms with E-state index in [9.17, 15) is 0 Å². The predicted octanol–water partition coefficient (Wildman–Crippen LogP) is 4.68. The van der Waals surface area contributed by atoms with Crippen LogP contribution in [0.15, 0.2) is 18.2 Å². The van der Waals surface area contributed by atoms with Crippen molar-refractivity contribution in [1.29, 1.82) is 0 Å². The number of para-hydroxylation sites is 1. The molecule has 1 aromatic carbocycles. The first-order chi connectivity index (χ1) is 10.2. The summed E-state index contributed by atoms with van der Waals surface area (Å²) in [5.74, 6) is 1.87. The van der Waals surface area contributed by atoms with Crippen molar-refractivity contribution in [1.82, 2.24) is 9.55 Å². The van der Waals surface area contributed by atoms with Gasteiger partial charge in [-0.25, -0.2) is 0 Å². The minimum absolute atomic E-state index is 0.549. The van der Waals surface area contributed by atoms with Crippen molar-refractivity contribution in [3.8, 4) is 5.75 Å². The standard InChI is InChI=1S/C17H22N2OS/c1-2-10-20-14-5-3-4-13-15(14)18-16(21)19(13)11-17(8-9-17)12-6-7-12/h3-5,12H,2,6-11H2,1H3,(H,18,21). The van der Waals surface area contributed by atoms with Gasteiger partial charge in [0, 0.05) is 6.54 Å². The summed E-state index contributed by atoms with van der Waals surface area (Å²) in [5, 5.41) is 0. The summed E-state index contributed by atoms with van der Waals surface area (Å²) in [6.45, 7) is 3.95. The Labute approximate surface area is 130 Å². The number of nitrogens with one attached hydrogen (secondary N) is 1. The van der Waals surface area contributed by atoms with Crippen LogP contribution in [0.1, 0.15) is 39.0 Å². The van der Waals surface area contributed by atoms with Gasteiger partial charge in [-0.1, -0.05) is 13.0 Å². The monoisotopic (exact) mass is 302 g/mol. The quantitative estimate of drug-likeness (QED) is 0.785. The fraction of sp³-hybridized carbons (Fsp3) is 0.588. The number of ether oxygens (including phenoxy) is 1. The number of nitrogens with zero attached hydrogens (tertiary/aromatic N) is 1. The average molecular weight is 302 g/mol. The first-order valence-corrected chi connectivity index (χ1v) is 8.49. The zero-order chi connectivity index (χ0) is 14.4. The van der Waals surface area contributed by atoms with Crippen molar-refractivity contribution in [2.75, 3.05) is 6.61 Å². The second kappa shape index (κ2) is 4.87. The van der Waals surface area contributed by atoms with Crippen LogP contribution in [-0.2, 0) is 6.54 Å². The molecule has 3 nitrogen and oxygen atoms in total. The van der Waals surface area contributed by atoms with Gasteiger partial charge in [0.25, 0.3) is 0 Å². The lowest BCUT2D eigenvalue weighted by Gasteiger charge is -2.15. The first-order valence-electron chi connectivity index (χ1n) is 8.08. The van der Waals surface area contributed by atoms with Crippen LogP contribution in [-0.4, -0.2) is 16.2 Å². The number of imidazole rings is 1. The number of H-pyrrole nitrogens is 1. The number of fused-ring (bicyclic) bond motifs is 1. The minimum atomic E-state index is 0.549. The van der Waals surface area contributed by atoms with E-state index in [-0.39, 0.29) is 0 Å². The van der Waals surface area contributed by atoms with E-state index in [1.165, 1.54) is 31.2 Å². The number of rotatable bonds is 6. The highest BCUT2D eigenvalue weighted by Gasteiger charge is 2.53. The van der Waals surface area contributed by atoms with E-state index in [0.29, 0.717) is 5.41 Å². The Kier molecular flexibility index (Phi) is 3.10. The third kappa shape index (κ3) is 2.30. The predicted molar refractivity (Wildman–Crippen MR) is 87.3 cm³/mol. The molecule has 2 aliphatic rings. The fourth-order valence-corrected chi connectivity index (χ4v) is 3.77. The van der Waals surface area contributed by atoms with Crippen LogP contribution >= 0.6 is 12.2 Å². The molecule has 1 heterocycles. The van der Waals surface area contributed by atoms with Gasteiger partial charge in [0.2, 0.25) is 0 Å². The number of hydrogen-bond acceptors (Lipinski definition) is 2. The maximum Gasteiger partial charge on any atom is 0.178 e. The molecule has 112 valence electrons. The topological polar surface area (TPSA) is 29.9 Å². The Balaban J connectivity index is 1.72. The summed E-state index contributed by atoms with van der Waals surface area (Å²) < 4.78 is 8.99. The van der Waals surface area contributed by atoms with Crippen molar-refractivity contribution in [3.63, 3.8) is 0 Å². The molecule has 0 spiro atoms. The third-order valence-corrected chi connectivity index (χ3v) is 5.36. The maximum absolute atomic E-state index is 5.85. The lowest BCUT2D eigenvalue weighted by Crippen LogP contribution is -2.13. The largest absolute Gasteiger partial charge is 0.491 e. The van der Waals surface area contributed by atoms with Crippen LogP contribution in [0.2, 0.25) is 0 Å². The molecule has 0 unspecified atom stereocenters. The van der Waals surface area contributed by atoms with Gasteiger partial charge in [-0.3, -0.25) is 0 Å². The third-order valence-electron chi connectivity index (χ3n) is 5.04. The average Bonchev–Trinajstić information content (AvgIpc) is 3.36. The second-order valence-electron chi connectivity index (χ2n) is 6.65. The highest BCUT2D eigenvalue weighted by Crippen LogP contribution is 2.62. The molecule has 0 amide bonds. The molecular formula is C17H22N2OS. The van der Waals surface area contributed by atoms with E-state index in [2.05, 4.69) is 28.6 Å². The molecule has 21 heavy (non-hydrogen) atoms. The molecule has 2 aliphatic carbocycles. The molecule has 1 aromatic heterocycles. The van der Waals surface area contributed by atoms with Gasteiger partial charge in [-0.2, -0.15) is 0 Å². The van der Waals surface area contributed by atoms with Crippen molar-refractivity contribution < 1.29 is 4.74 Å². The van der Waals surface area contributed by atoms with Crippen molar-refractivity contribution in [2.45, 2.75) is 45.6 Å². The molecule has 2 aromatic rings. The Hall–Kier alpha value is -1.29. The number of benzene rings is 1. The van der Waals surface area contributed by atoms with Crippen LogP contribution in [0.4, 0.5) is 0 Å². The van der Waals surface area contributed by atoms with Gasteiger partial charge in [-0.15, -0.1) is 0 Å². The van der Waals surface area contributed by atoms with Gasteiger partial charge >= 0.3 is 0 Å². The van der Waals surface area contributed by atoms with Gasteiger partial charge in [0.15, 0.2) is 4.77 Å². The molecule has 2 saturated carbocycles. The lowest BCUT2D eigenvalue weighted by atomic mass is 10.0. The Morgan fingerprint density at radius 2 is 2.19 bits per heavy atom. The van der Waals surface area contributed by atoms with E-state index in [1.54, 1.807) is 0 Å². The molecule has 1 N–H and O–H groups in total. The molecule has 0 atom stereocenters. The number of hydrogen-bond donors (Lipinski definition) is 1. The Morgan fingerprint density at radius 3 is 2.86 bits per heavy atom. The molecule has 4 heteroatoms. The summed E-state index contributed by atoms with van der Waals surface area (Å²) in [6, 6.07) is 6.26. The minimum Gasteiger partial charge on any atom is -0.491 e. The van der Waals surface area contributed by atoms with Gasteiger partial charge in [-0.05, 0) is 67.8 Å². The summed E-state index contributed by atoms with van der Waals surface area (Å²) in [5.41, 5.74) is 2.80. The molecule has 2 fully saturated rings. The van der Waals surface area contributed by atoms with Crippen molar-refractivity contribution in [3.05, 3.63) is 23.0 Å². The van der Waals surface area contributed by atoms with E-state index in [1.807, 2.05) is 6.07 Å². The normalized spacial score (nSPS) is 19.9. The Bertz CT molecular complexity index is 722. The number of aromatic nitrogens is 2. The smallest absolute Gasteiger partial charge is 0.178 e. The zero-order valence-electron chi connectivity index (χ0n) is 12.5. The fourth-order valence-electron chi connectivity index (χ4n) is 3.51. The summed E-state index contributed by atoms with van der Waals surface area (Å²) in [4.78, 5) is 3.37. The van der Waals surface area contributed by atoms with E-state index in [0.717, 1.165) is 41.5 Å². The second-order valence-corrected chi connectivity index (χ2v) is 7.04. The van der Waals surface area contributed by atoms with E-state index in [4.69, 9.17) is 17.0 Å². The summed E-state index contributed by atoms with van der Waals surface area (Å²) >= 11 is 5.58.